The van der Waals surface area contributed by atoms with Gasteiger partial charge in [0.25, 0.3) is 5.91 Å². The van der Waals surface area contributed by atoms with Crippen LogP contribution >= 0.6 is 0 Å². The smallest absolute Gasteiger partial charge is 0.344 e. The highest BCUT2D eigenvalue weighted by atomic mass is 16.2. The monoisotopic (exact) mass is 376 g/mol. The molecule has 0 spiro atoms. The molecule has 0 radical (unpaired) electrons. The maximum atomic E-state index is 12.9. The van der Waals surface area contributed by atoms with E-state index >= 15 is 0 Å². The molecule has 0 bridgehead atoms. The lowest BCUT2D eigenvalue weighted by atomic mass is 9.92. The number of imide groups is 1. The molecule has 7 heteroatoms. The third kappa shape index (κ3) is 2.81. The molecule has 1 aromatic heterocycles. The molecule has 1 aliphatic heterocycles. The van der Waals surface area contributed by atoms with Crippen LogP contribution in [-0.4, -0.2) is 27.8 Å². The SMILES string of the molecule is Cc1[nH]c2ccccc2c1CC(=O)NN1C(=O)NC(C)(c2ccccc2)C1=O. The third-order valence-corrected chi connectivity index (χ3v) is 5.14. The Labute approximate surface area is 161 Å². The fraction of sp³-hybridized carbons (Fsp3) is 0.190. The Bertz CT molecular complexity index is 1090. The molecule has 142 valence electrons. The molecule has 1 fully saturated rings. The van der Waals surface area contributed by atoms with E-state index in [9.17, 15) is 14.4 Å². The molecule has 0 saturated carbocycles. The number of carbonyl (C=O) groups excluding carboxylic acids is 3. The lowest BCUT2D eigenvalue weighted by molar-refractivity contribution is -0.138. The average molecular weight is 376 g/mol. The average Bonchev–Trinajstić information content (AvgIpc) is 3.11. The van der Waals surface area contributed by atoms with Gasteiger partial charge < -0.3 is 10.3 Å². The fourth-order valence-corrected chi connectivity index (χ4v) is 3.60. The largest absolute Gasteiger partial charge is 0.358 e. The van der Waals surface area contributed by atoms with Crippen LogP contribution in [0, 0.1) is 6.92 Å². The number of fused-ring (bicyclic) bond motifs is 1. The third-order valence-electron chi connectivity index (χ3n) is 5.14. The first-order chi connectivity index (χ1) is 13.4. The predicted octanol–water partition coefficient (Wildman–Crippen LogP) is 2.52. The van der Waals surface area contributed by atoms with E-state index in [0.29, 0.717) is 5.56 Å². The number of H-pyrrole nitrogens is 1. The van der Waals surface area contributed by atoms with E-state index in [1.54, 1.807) is 31.2 Å². The molecule has 2 heterocycles. The number of benzene rings is 2. The lowest BCUT2D eigenvalue weighted by Gasteiger charge is -2.22. The number of hydrogen-bond acceptors (Lipinski definition) is 3. The summed E-state index contributed by atoms with van der Waals surface area (Å²) >= 11 is 0. The summed E-state index contributed by atoms with van der Waals surface area (Å²) in [6.45, 7) is 3.52. The first-order valence-electron chi connectivity index (χ1n) is 8.98. The van der Waals surface area contributed by atoms with Crippen molar-refractivity contribution >= 4 is 28.7 Å². The second-order valence-electron chi connectivity index (χ2n) is 7.05. The fourth-order valence-electron chi connectivity index (χ4n) is 3.60. The van der Waals surface area contributed by atoms with Gasteiger partial charge in [0, 0.05) is 16.6 Å². The number of aryl methyl sites for hydroxylation is 1. The number of para-hydroxylation sites is 1. The van der Waals surface area contributed by atoms with Gasteiger partial charge in [0.15, 0.2) is 0 Å². The van der Waals surface area contributed by atoms with Gasteiger partial charge in [-0.2, -0.15) is 5.01 Å². The van der Waals surface area contributed by atoms with E-state index < -0.39 is 23.4 Å². The number of nitrogens with zero attached hydrogens (tertiary/aromatic N) is 1. The summed E-state index contributed by atoms with van der Waals surface area (Å²) in [5, 5.41) is 4.38. The molecular formula is C21H20N4O3. The second kappa shape index (κ2) is 6.53. The van der Waals surface area contributed by atoms with Crippen LogP contribution in [0.25, 0.3) is 10.9 Å². The van der Waals surface area contributed by atoms with Crippen LogP contribution in [0.5, 0.6) is 0 Å². The summed E-state index contributed by atoms with van der Waals surface area (Å²) < 4.78 is 0. The molecule has 4 amide bonds. The summed E-state index contributed by atoms with van der Waals surface area (Å²) in [4.78, 5) is 41.1. The molecule has 2 aromatic carbocycles. The topological polar surface area (TPSA) is 94.3 Å². The van der Waals surface area contributed by atoms with Crippen molar-refractivity contribution in [3.63, 3.8) is 0 Å². The number of nitrogens with one attached hydrogen (secondary N) is 3. The number of amides is 4. The van der Waals surface area contributed by atoms with Gasteiger partial charge >= 0.3 is 6.03 Å². The van der Waals surface area contributed by atoms with Gasteiger partial charge in [-0.1, -0.05) is 48.5 Å². The molecule has 3 aromatic rings. The lowest BCUT2D eigenvalue weighted by Crippen LogP contribution is -2.48. The zero-order valence-corrected chi connectivity index (χ0v) is 15.6. The molecule has 0 aliphatic carbocycles. The van der Waals surface area contributed by atoms with E-state index in [2.05, 4.69) is 15.7 Å². The van der Waals surface area contributed by atoms with E-state index in [4.69, 9.17) is 0 Å². The number of aromatic amines is 1. The number of hydrogen-bond donors (Lipinski definition) is 3. The quantitative estimate of drug-likeness (QED) is 0.611. The Hall–Kier alpha value is -3.61. The molecule has 7 nitrogen and oxygen atoms in total. The van der Waals surface area contributed by atoms with Gasteiger partial charge in [0.1, 0.15) is 5.54 Å². The molecule has 1 atom stereocenters. The summed E-state index contributed by atoms with van der Waals surface area (Å²) in [5.41, 5.74) is 4.54. The van der Waals surface area contributed by atoms with Crippen LogP contribution in [0.2, 0.25) is 0 Å². The van der Waals surface area contributed by atoms with Crippen molar-refractivity contribution in [2.24, 2.45) is 0 Å². The van der Waals surface area contributed by atoms with Gasteiger partial charge in [-0.15, -0.1) is 0 Å². The van der Waals surface area contributed by atoms with Crippen molar-refractivity contribution in [2.45, 2.75) is 25.8 Å². The van der Waals surface area contributed by atoms with Crippen molar-refractivity contribution in [1.82, 2.24) is 20.7 Å². The highest BCUT2D eigenvalue weighted by molar-refractivity contribution is 6.08. The highest BCUT2D eigenvalue weighted by Gasteiger charge is 2.49. The first-order valence-corrected chi connectivity index (χ1v) is 8.98. The van der Waals surface area contributed by atoms with Gasteiger partial charge in [-0.3, -0.25) is 15.0 Å². The van der Waals surface area contributed by atoms with Crippen LogP contribution in [0.3, 0.4) is 0 Å². The molecular weight excluding hydrogens is 356 g/mol. The Morgan fingerprint density at radius 3 is 2.50 bits per heavy atom. The normalized spacial score (nSPS) is 19.1. The van der Waals surface area contributed by atoms with Crippen LogP contribution in [0.1, 0.15) is 23.7 Å². The highest BCUT2D eigenvalue weighted by Crippen LogP contribution is 2.28. The molecule has 1 unspecified atom stereocenters. The van der Waals surface area contributed by atoms with Gasteiger partial charge in [0.05, 0.1) is 6.42 Å². The zero-order valence-electron chi connectivity index (χ0n) is 15.6. The van der Waals surface area contributed by atoms with Crippen molar-refractivity contribution in [1.29, 1.82) is 0 Å². The Morgan fingerprint density at radius 2 is 1.75 bits per heavy atom. The van der Waals surface area contributed by atoms with E-state index in [0.717, 1.165) is 27.2 Å². The summed E-state index contributed by atoms with van der Waals surface area (Å²) in [6, 6.07) is 16.0. The minimum atomic E-state index is -1.22. The molecule has 28 heavy (non-hydrogen) atoms. The van der Waals surface area contributed by atoms with E-state index in [1.807, 2.05) is 37.3 Å². The van der Waals surface area contributed by atoms with Crippen LogP contribution in [0.15, 0.2) is 54.6 Å². The number of hydrazine groups is 1. The Balaban J connectivity index is 1.54. The Morgan fingerprint density at radius 1 is 1.07 bits per heavy atom. The number of aromatic nitrogens is 1. The van der Waals surface area contributed by atoms with E-state index in [-0.39, 0.29) is 6.42 Å². The van der Waals surface area contributed by atoms with Gasteiger partial charge in [-0.05, 0) is 31.0 Å². The first kappa shape index (κ1) is 17.8. The van der Waals surface area contributed by atoms with Crippen LogP contribution in [-0.2, 0) is 21.5 Å². The summed E-state index contributed by atoms with van der Waals surface area (Å²) in [6.07, 6.45) is 0.0506. The second-order valence-corrected chi connectivity index (χ2v) is 7.05. The maximum absolute atomic E-state index is 12.9. The molecule has 1 saturated heterocycles. The minimum Gasteiger partial charge on any atom is -0.358 e. The zero-order chi connectivity index (χ0) is 19.9. The molecule has 3 N–H and O–H groups in total. The molecule has 4 rings (SSSR count). The Kier molecular flexibility index (Phi) is 4.15. The number of urea groups is 1. The van der Waals surface area contributed by atoms with Crippen molar-refractivity contribution in [3.05, 3.63) is 71.4 Å². The van der Waals surface area contributed by atoms with Crippen LogP contribution in [0.4, 0.5) is 4.79 Å². The number of rotatable bonds is 4. The molecule has 1 aliphatic rings. The van der Waals surface area contributed by atoms with Crippen LogP contribution < -0.4 is 10.7 Å². The van der Waals surface area contributed by atoms with Crippen molar-refractivity contribution < 1.29 is 14.4 Å². The van der Waals surface area contributed by atoms with Crippen molar-refractivity contribution in [2.75, 3.05) is 0 Å². The van der Waals surface area contributed by atoms with Gasteiger partial charge in [-0.25, -0.2) is 4.79 Å². The van der Waals surface area contributed by atoms with Gasteiger partial charge in [0.2, 0.25) is 5.91 Å². The minimum absolute atomic E-state index is 0.0506. The number of carbonyl (C=O) groups is 3. The predicted molar refractivity (Wildman–Crippen MR) is 104 cm³/mol. The maximum Gasteiger partial charge on any atom is 0.344 e. The summed E-state index contributed by atoms with van der Waals surface area (Å²) in [5.74, 6) is -0.957. The van der Waals surface area contributed by atoms with E-state index in [1.165, 1.54) is 0 Å². The summed E-state index contributed by atoms with van der Waals surface area (Å²) in [7, 11) is 0. The van der Waals surface area contributed by atoms with Crippen molar-refractivity contribution in [3.8, 4) is 0 Å². The standard InChI is InChI=1S/C21H20N4O3/c1-13-16(15-10-6-7-11-17(15)22-13)12-18(26)24-25-19(27)21(2,23-20(25)28)14-8-4-3-5-9-14/h3-11,22H,12H2,1-2H3,(H,23,28)(H,24,26).